The molecule has 0 aromatic carbocycles. The monoisotopic (exact) mass is 221 g/mol. The van der Waals surface area contributed by atoms with Crippen LogP contribution in [0.2, 0.25) is 0 Å². The van der Waals surface area contributed by atoms with E-state index in [1.807, 2.05) is 20.8 Å². The lowest BCUT2D eigenvalue weighted by atomic mass is 9.86. The Kier molecular flexibility index (Phi) is 2.59. The predicted molar refractivity (Wildman–Crippen MR) is 57.7 cm³/mol. The molecule has 16 heavy (non-hydrogen) atoms. The lowest BCUT2D eigenvalue weighted by Gasteiger charge is -2.25. The van der Waals surface area contributed by atoms with Crippen molar-refractivity contribution in [2.75, 3.05) is 0 Å². The van der Waals surface area contributed by atoms with Crippen LogP contribution in [0.1, 0.15) is 26.5 Å². The molecule has 0 amide bonds. The summed E-state index contributed by atoms with van der Waals surface area (Å²) >= 11 is 0. The van der Waals surface area contributed by atoms with Gasteiger partial charge < -0.3 is 5.11 Å². The molecule has 0 bridgehead atoms. The molecular formula is C10H15N5O. The molecule has 0 saturated carbocycles. The third kappa shape index (κ3) is 2.01. The summed E-state index contributed by atoms with van der Waals surface area (Å²) in [6, 6.07) is 0. The van der Waals surface area contributed by atoms with Crippen LogP contribution in [0.25, 0.3) is 5.65 Å². The third-order valence-electron chi connectivity index (χ3n) is 2.58. The summed E-state index contributed by atoms with van der Waals surface area (Å²) in [5.41, 5.74) is 1.24. The molecular weight excluding hydrogens is 206 g/mol. The van der Waals surface area contributed by atoms with E-state index in [1.54, 1.807) is 16.9 Å². The molecule has 1 N–H and O–H groups in total. The Balaban J connectivity index is 2.31. The van der Waals surface area contributed by atoms with Gasteiger partial charge in [0, 0.05) is 12.6 Å². The van der Waals surface area contributed by atoms with E-state index in [1.165, 1.54) is 0 Å². The van der Waals surface area contributed by atoms with Crippen LogP contribution < -0.4 is 0 Å². The molecule has 0 spiro atoms. The SMILES string of the molecule is CC(C)(C)C(O)Cc1cncc2nnnn12. The van der Waals surface area contributed by atoms with Crippen molar-refractivity contribution in [3.8, 4) is 0 Å². The second-order valence-electron chi connectivity index (χ2n) is 4.93. The summed E-state index contributed by atoms with van der Waals surface area (Å²) in [5.74, 6) is 0. The molecule has 0 aliphatic rings. The van der Waals surface area contributed by atoms with Crippen LogP contribution >= 0.6 is 0 Å². The predicted octanol–water partition coefficient (Wildman–Crippen LogP) is 0.469. The quantitative estimate of drug-likeness (QED) is 0.797. The van der Waals surface area contributed by atoms with Crippen molar-refractivity contribution >= 4 is 5.65 Å². The van der Waals surface area contributed by atoms with Gasteiger partial charge in [-0.3, -0.25) is 4.98 Å². The molecule has 6 heteroatoms. The van der Waals surface area contributed by atoms with Crippen molar-refractivity contribution < 1.29 is 5.11 Å². The molecule has 1 unspecified atom stereocenters. The highest BCUT2D eigenvalue weighted by Gasteiger charge is 2.23. The second-order valence-corrected chi connectivity index (χ2v) is 4.93. The highest BCUT2D eigenvalue weighted by molar-refractivity contribution is 5.32. The first-order valence-corrected chi connectivity index (χ1v) is 5.17. The van der Waals surface area contributed by atoms with E-state index in [4.69, 9.17) is 0 Å². The minimum absolute atomic E-state index is 0.170. The van der Waals surface area contributed by atoms with E-state index < -0.39 is 6.10 Å². The number of fused-ring (bicyclic) bond motifs is 1. The van der Waals surface area contributed by atoms with Gasteiger partial charge in [-0.2, -0.15) is 4.52 Å². The minimum atomic E-state index is -0.455. The summed E-state index contributed by atoms with van der Waals surface area (Å²) < 4.78 is 1.60. The Morgan fingerprint density at radius 3 is 2.81 bits per heavy atom. The smallest absolute Gasteiger partial charge is 0.197 e. The number of aliphatic hydroxyl groups excluding tert-OH is 1. The average molecular weight is 221 g/mol. The first-order chi connectivity index (χ1) is 7.48. The molecule has 1 atom stereocenters. The van der Waals surface area contributed by atoms with Gasteiger partial charge in [0.15, 0.2) is 5.65 Å². The summed E-state index contributed by atoms with van der Waals surface area (Å²) in [6.45, 7) is 5.97. The van der Waals surface area contributed by atoms with Crippen LogP contribution in [-0.2, 0) is 6.42 Å². The van der Waals surface area contributed by atoms with Crippen LogP contribution in [0.3, 0.4) is 0 Å². The lowest BCUT2D eigenvalue weighted by molar-refractivity contribution is 0.0622. The standard InChI is InChI=1S/C10H15N5O/c1-10(2,3)8(16)4-7-5-11-6-9-12-13-14-15(7)9/h5-6,8,16H,4H2,1-3H3. The van der Waals surface area contributed by atoms with Crippen molar-refractivity contribution in [3.63, 3.8) is 0 Å². The summed E-state index contributed by atoms with van der Waals surface area (Å²) in [5, 5.41) is 21.3. The van der Waals surface area contributed by atoms with Crippen LogP contribution in [0.4, 0.5) is 0 Å². The second kappa shape index (κ2) is 3.79. The Hall–Kier alpha value is -1.56. The topological polar surface area (TPSA) is 76.2 Å². The molecule has 86 valence electrons. The molecule has 0 fully saturated rings. The van der Waals surface area contributed by atoms with E-state index in [0.29, 0.717) is 12.1 Å². The molecule has 2 heterocycles. The van der Waals surface area contributed by atoms with E-state index in [-0.39, 0.29) is 5.41 Å². The first-order valence-electron chi connectivity index (χ1n) is 5.17. The third-order valence-corrected chi connectivity index (χ3v) is 2.58. The fraction of sp³-hybridized carbons (Fsp3) is 0.600. The number of aliphatic hydroxyl groups is 1. The molecule has 6 nitrogen and oxygen atoms in total. The zero-order chi connectivity index (χ0) is 11.8. The van der Waals surface area contributed by atoms with Gasteiger partial charge in [-0.15, -0.1) is 5.10 Å². The van der Waals surface area contributed by atoms with Gasteiger partial charge in [-0.05, 0) is 15.8 Å². The molecule has 2 aromatic rings. The maximum absolute atomic E-state index is 10.0. The number of aromatic nitrogens is 5. The Labute approximate surface area is 93.3 Å². The van der Waals surface area contributed by atoms with Crippen LogP contribution in [0, 0.1) is 5.41 Å². The van der Waals surface area contributed by atoms with Crippen molar-refractivity contribution in [1.82, 2.24) is 25.0 Å². The summed E-state index contributed by atoms with van der Waals surface area (Å²) in [7, 11) is 0. The molecule has 0 aliphatic heterocycles. The number of tetrazole rings is 1. The van der Waals surface area contributed by atoms with Gasteiger partial charge in [0.05, 0.1) is 18.0 Å². The van der Waals surface area contributed by atoms with E-state index in [9.17, 15) is 5.11 Å². The van der Waals surface area contributed by atoms with Gasteiger partial charge in [-0.25, -0.2) is 0 Å². The molecule has 2 rings (SSSR count). The number of nitrogens with zero attached hydrogens (tertiary/aromatic N) is 5. The summed E-state index contributed by atoms with van der Waals surface area (Å²) in [4.78, 5) is 4.05. The zero-order valence-corrected chi connectivity index (χ0v) is 9.62. The van der Waals surface area contributed by atoms with E-state index in [2.05, 4.69) is 20.5 Å². The van der Waals surface area contributed by atoms with E-state index in [0.717, 1.165) is 5.69 Å². The summed E-state index contributed by atoms with van der Waals surface area (Å²) in [6.07, 6.45) is 3.30. The number of rotatable bonds is 2. The molecule has 0 aliphatic carbocycles. The van der Waals surface area contributed by atoms with Crippen LogP contribution in [0.15, 0.2) is 12.4 Å². The van der Waals surface area contributed by atoms with Gasteiger partial charge in [0.1, 0.15) is 0 Å². The Bertz CT molecular complexity index is 487. The van der Waals surface area contributed by atoms with Gasteiger partial charge in [-0.1, -0.05) is 20.8 Å². The average Bonchev–Trinajstić information content (AvgIpc) is 2.65. The highest BCUT2D eigenvalue weighted by Crippen LogP contribution is 2.21. The lowest BCUT2D eigenvalue weighted by Crippen LogP contribution is -2.29. The minimum Gasteiger partial charge on any atom is -0.392 e. The number of hydrogen-bond acceptors (Lipinski definition) is 5. The van der Waals surface area contributed by atoms with E-state index >= 15 is 0 Å². The van der Waals surface area contributed by atoms with Crippen molar-refractivity contribution in [2.24, 2.45) is 5.41 Å². The maximum atomic E-state index is 10.0. The van der Waals surface area contributed by atoms with Gasteiger partial charge in [0.25, 0.3) is 0 Å². The van der Waals surface area contributed by atoms with Gasteiger partial charge in [0.2, 0.25) is 0 Å². The van der Waals surface area contributed by atoms with Crippen molar-refractivity contribution in [1.29, 1.82) is 0 Å². The molecule has 2 aromatic heterocycles. The normalized spacial score (nSPS) is 14.2. The van der Waals surface area contributed by atoms with Crippen LogP contribution in [-0.4, -0.2) is 36.2 Å². The first kappa shape index (κ1) is 10.9. The molecule has 0 saturated heterocycles. The molecule has 0 radical (unpaired) electrons. The van der Waals surface area contributed by atoms with Crippen LogP contribution in [0.5, 0.6) is 0 Å². The fourth-order valence-electron chi connectivity index (χ4n) is 1.37. The highest BCUT2D eigenvalue weighted by atomic mass is 16.3. The van der Waals surface area contributed by atoms with Crippen molar-refractivity contribution in [2.45, 2.75) is 33.3 Å². The maximum Gasteiger partial charge on any atom is 0.197 e. The zero-order valence-electron chi connectivity index (χ0n) is 9.62. The largest absolute Gasteiger partial charge is 0.392 e. The fourth-order valence-corrected chi connectivity index (χ4v) is 1.37. The van der Waals surface area contributed by atoms with Gasteiger partial charge >= 0.3 is 0 Å². The number of hydrogen-bond donors (Lipinski definition) is 1. The Morgan fingerprint density at radius 2 is 2.12 bits per heavy atom. The van der Waals surface area contributed by atoms with Crippen molar-refractivity contribution in [3.05, 3.63) is 18.1 Å². The Morgan fingerprint density at radius 1 is 1.38 bits per heavy atom.